The molecule has 2 heteroatoms. The Hall–Kier alpha value is -0.370. The predicted octanol–water partition coefficient (Wildman–Crippen LogP) is 1.74. The van der Waals surface area contributed by atoms with E-state index in [0.29, 0.717) is 0 Å². The molecule has 0 aromatic heterocycles. The maximum absolute atomic E-state index is 11.1. The van der Waals surface area contributed by atoms with Crippen molar-refractivity contribution in [1.29, 1.82) is 0 Å². The van der Waals surface area contributed by atoms with Crippen molar-refractivity contribution in [2.45, 2.75) is 45.1 Å². The van der Waals surface area contributed by atoms with Gasteiger partial charge in [-0.2, -0.15) is 0 Å². The molecule has 0 amide bonds. The molecule has 0 aromatic carbocycles. The van der Waals surface area contributed by atoms with Gasteiger partial charge < -0.3 is 5.32 Å². The topological polar surface area (TPSA) is 29.1 Å². The van der Waals surface area contributed by atoms with Crippen LogP contribution in [-0.4, -0.2) is 18.9 Å². The van der Waals surface area contributed by atoms with Crippen LogP contribution in [0.1, 0.15) is 39.0 Å². The van der Waals surface area contributed by atoms with Gasteiger partial charge in [0.1, 0.15) is 5.78 Å². The number of Topliss-reactive ketones (excluding diaryl/α,β-unsaturated/α-hetero) is 1. The molecule has 0 heterocycles. The highest BCUT2D eigenvalue weighted by atomic mass is 16.1. The Morgan fingerprint density at radius 3 is 2.50 bits per heavy atom. The van der Waals surface area contributed by atoms with Crippen LogP contribution in [0.4, 0.5) is 0 Å². The average molecular weight is 169 g/mol. The zero-order chi connectivity index (χ0) is 8.97. The first-order valence-electron chi connectivity index (χ1n) is 4.91. The van der Waals surface area contributed by atoms with Crippen LogP contribution in [0, 0.1) is 5.92 Å². The SMILES string of the molecule is CNC(CC1CCCC1)C(C)=O. The fourth-order valence-electron chi connectivity index (χ4n) is 2.07. The van der Waals surface area contributed by atoms with E-state index >= 15 is 0 Å². The van der Waals surface area contributed by atoms with Crippen molar-refractivity contribution in [3.63, 3.8) is 0 Å². The molecule has 70 valence electrons. The lowest BCUT2D eigenvalue weighted by Crippen LogP contribution is -2.33. The average Bonchev–Trinajstić information content (AvgIpc) is 2.51. The summed E-state index contributed by atoms with van der Waals surface area (Å²) in [4.78, 5) is 11.1. The number of nitrogens with one attached hydrogen (secondary N) is 1. The molecule has 1 unspecified atom stereocenters. The molecular weight excluding hydrogens is 150 g/mol. The van der Waals surface area contributed by atoms with Crippen LogP contribution in [0.3, 0.4) is 0 Å². The van der Waals surface area contributed by atoms with E-state index in [0.717, 1.165) is 12.3 Å². The van der Waals surface area contributed by atoms with Gasteiger partial charge in [-0.05, 0) is 26.3 Å². The summed E-state index contributed by atoms with van der Waals surface area (Å²) in [5, 5.41) is 3.08. The van der Waals surface area contributed by atoms with Crippen molar-refractivity contribution in [2.24, 2.45) is 5.92 Å². The molecule has 0 aliphatic heterocycles. The second kappa shape index (κ2) is 4.61. The predicted molar refractivity (Wildman–Crippen MR) is 50.1 cm³/mol. The van der Waals surface area contributed by atoms with Gasteiger partial charge in [-0.25, -0.2) is 0 Å². The zero-order valence-electron chi connectivity index (χ0n) is 8.10. The highest BCUT2D eigenvalue weighted by Gasteiger charge is 2.21. The summed E-state index contributed by atoms with van der Waals surface area (Å²) in [6, 6.07) is 0.105. The molecule has 1 fully saturated rings. The molecule has 12 heavy (non-hydrogen) atoms. The third-order valence-electron chi connectivity index (χ3n) is 2.88. The lowest BCUT2D eigenvalue weighted by Gasteiger charge is -2.16. The van der Waals surface area contributed by atoms with E-state index in [-0.39, 0.29) is 11.8 Å². The molecule has 1 saturated carbocycles. The molecular formula is C10H19NO. The van der Waals surface area contributed by atoms with Crippen LogP contribution in [-0.2, 0) is 4.79 Å². The normalized spacial score (nSPS) is 21.2. The Labute approximate surface area is 74.7 Å². The van der Waals surface area contributed by atoms with E-state index in [1.807, 2.05) is 7.05 Å². The molecule has 1 N–H and O–H groups in total. The van der Waals surface area contributed by atoms with Gasteiger partial charge in [0.05, 0.1) is 6.04 Å². The summed E-state index contributed by atoms with van der Waals surface area (Å²) in [6.07, 6.45) is 6.42. The molecule has 0 saturated heterocycles. The minimum atomic E-state index is 0.105. The minimum absolute atomic E-state index is 0.105. The highest BCUT2D eigenvalue weighted by Crippen LogP contribution is 2.28. The Kier molecular flexibility index (Phi) is 3.73. The first-order valence-corrected chi connectivity index (χ1v) is 4.91. The van der Waals surface area contributed by atoms with Gasteiger partial charge >= 0.3 is 0 Å². The first-order chi connectivity index (χ1) is 5.74. The number of carbonyl (C=O) groups excluding carboxylic acids is 1. The summed E-state index contributed by atoms with van der Waals surface area (Å²) >= 11 is 0. The van der Waals surface area contributed by atoms with Gasteiger partial charge in [0.15, 0.2) is 0 Å². The van der Waals surface area contributed by atoms with Gasteiger partial charge in [0, 0.05) is 0 Å². The maximum atomic E-state index is 11.1. The van der Waals surface area contributed by atoms with Crippen molar-refractivity contribution in [3.8, 4) is 0 Å². The van der Waals surface area contributed by atoms with Crippen LogP contribution in [0.5, 0.6) is 0 Å². The lowest BCUT2D eigenvalue weighted by atomic mass is 9.96. The van der Waals surface area contributed by atoms with E-state index in [9.17, 15) is 4.79 Å². The largest absolute Gasteiger partial charge is 0.311 e. The Morgan fingerprint density at radius 1 is 1.50 bits per heavy atom. The van der Waals surface area contributed by atoms with Crippen LogP contribution >= 0.6 is 0 Å². The standard InChI is InChI=1S/C10H19NO/c1-8(12)10(11-2)7-9-5-3-4-6-9/h9-11H,3-7H2,1-2H3. The Morgan fingerprint density at radius 2 is 2.08 bits per heavy atom. The van der Waals surface area contributed by atoms with E-state index in [1.54, 1.807) is 6.92 Å². The van der Waals surface area contributed by atoms with Crippen molar-refractivity contribution in [1.82, 2.24) is 5.32 Å². The highest BCUT2D eigenvalue weighted by molar-refractivity contribution is 5.81. The van der Waals surface area contributed by atoms with Gasteiger partial charge in [-0.1, -0.05) is 25.7 Å². The van der Waals surface area contributed by atoms with Gasteiger partial charge in [0.2, 0.25) is 0 Å². The van der Waals surface area contributed by atoms with Crippen molar-refractivity contribution < 1.29 is 4.79 Å². The van der Waals surface area contributed by atoms with Crippen LogP contribution < -0.4 is 5.32 Å². The second-order valence-electron chi connectivity index (χ2n) is 3.84. The van der Waals surface area contributed by atoms with Crippen molar-refractivity contribution in [2.75, 3.05) is 7.05 Å². The monoisotopic (exact) mass is 169 g/mol. The summed E-state index contributed by atoms with van der Waals surface area (Å²) in [7, 11) is 1.88. The molecule has 2 nitrogen and oxygen atoms in total. The smallest absolute Gasteiger partial charge is 0.146 e. The fourth-order valence-corrected chi connectivity index (χ4v) is 2.07. The third kappa shape index (κ3) is 2.59. The van der Waals surface area contributed by atoms with Gasteiger partial charge in [-0.15, -0.1) is 0 Å². The van der Waals surface area contributed by atoms with E-state index < -0.39 is 0 Å². The summed E-state index contributed by atoms with van der Waals surface area (Å²) in [5.41, 5.74) is 0. The molecule has 1 rings (SSSR count). The molecule has 0 spiro atoms. The maximum Gasteiger partial charge on any atom is 0.146 e. The van der Waals surface area contributed by atoms with Crippen molar-refractivity contribution in [3.05, 3.63) is 0 Å². The number of hydrogen-bond acceptors (Lipinski definition) is 2. The summed E-state index contributed by atoms with van der Waals surface area (Å²) in [6.45, 7) is 1.68. The molecule has 1 aliphatic rings. The summed E-state index contributed by atoms with van der Waals surface area (Å²) in [5.74, 6) is 1.08. The molecule has 0 aromatic rings. The molecule has 1 aliphatic carbocycles. The zero-order valence-corrected chi connectivity index (χ0v) is 8.10. The number of ketones is 1. The van der Waals surface area contributed by atoms with Gasteiger partial charge in [-0.3, -0.25) is 4.79 Å². The molecule has 0 radical (unpaired) electrons. The lowest BCUT2D eigenvalue weighted by molar-refractivity contribution is -0.119. The van der Waals surface area contributed by atoms with Gasteiger partial charge in [0.25, 0.3) is 0 Å². The van der Waals surface area contributed by atoms with Crippen LogP contribution in [0.25, 0.3) is 0 Å². The quantitative estimate of drug-likeness (QED) is 0.694. The molecule has 0 bridgehead atoms. The first kappa shape index (κ1) is 9.72. The fraction of sp³-hybridized carbons (Fsp3) is 0.900. The van der Waals surface area contributed by atoms with Crippen LogP contribution in [0.15, 0.2) is 0 Å². The summed E-state index contributed by atoms with van der Waals surface area (Å²) < 4.78 is 0. The van der Waals surface area contributed by atoms with E-state index in [4.69, 9.17) is 0 Å². The molecule has 1 atom stereocenters. The number of likely N-dealkylation sites (N-methyl/N-ethyl adjacent to an activating group) is 1. The minimum Gasteiger partial charge on any atom is -0.311 e. The van der Waals surface area contributed by atoms with E-state index in [2.05, 4.69) is 5.32 Å². The number of carbonyl (C=O) groups is 1. The second-order valence-corrected chi connectivity index (χ2v) is 3.84. The Bertz CT molecular complexity index is 150. The van der Waals surface area contributed by atoms with Crippen molar-refractivity contribution >= 4 is 5.78 Å². The van der Waals surface area contributed by atoms with Crippen LogP contribution in [0.2, 0.25) is 0 Å². The number of rotatable bonds is 4. The Balaban J connectivity index is 2.30. The third-order valence-corrected chi connectivity index (χ3v) is 2.88. The van der Waals surface area contributed by atoms with E-state index in [1.165, 1.54) is 25.7 Å². The number of hydrogen-bond donors (Lipinski definition) is 1.